The molecule has 0 aliphatic carbocycles. The number of carbonyl (C=O) groups is 1. The van der Waals surface area contributed by atoms with Gasteiger partial charge in [-0.15, -0.1) is 10.2 Å². The Labute approximate surface area is 113 Å². The fourth-order valence-electron chi connectivity index (χ4n) is 1.48. The maximum absolute atomic E-state index is 13.7. The fourth-order valence-corrected chi connectivity index (χ4v) is 1.48. The van der Waals surface area contributed by atoms with Crippen molar-refractivity contribution < 1.29 is 13.6 Å². The number of anilines is 2. The molecule has 0 aliphatic heterocycles. The second-order valence-corrected chi connectivity index (χ2v) is 3.96. The van der Waals surface area contributed by atoms with Gasteiger partial charge < -0.3 is 10.7 Å². The van der Waals surface area contributed by atoms with Gasteiger partial charge in [-0.3, -0.25) is 4.79 Å². The Morgan fingerprint density at radius 1 is 1.20 bits per heavy atom. The van der Waals surface area contributed by atoms with Crippen LogP contribution in [0.1, 0.15) is 16.1 Å². The number of halogens is 2. The largest absolute Gasteiger partial charge is 0.316 e. The van der Waals surface area contributed by atoms with Crippen LogP contribution in [0.4, 0.5) is 20.3 Å². The van der Waals surface area contributed by atoms with Crippen molar-refractivity contribution in [2.24, 2.45) is 5.84 Å². The van der Waals surface area contributed by atoms with E-state index >= 15 is 0 Å². The minimum atomic E-state index is -0.866. The number of amides is 1. The molecule has 2 rings (SSSR count). The van der Waals surface area contributed by atoms with Crippen LogP contribution in [0.5, 0.6) is 0 Å². The van der Waals surface area contributed by atoms with E-state index in [0.29, 0.717) is 0 Å². The lowest BCUT2D eigenvalue weighted by atomic mass is 10.2. The van der Waals surface area contributed by atoms with Crippen LogP contribution >= 0.6 is 0 Å². The minimum absolute atomic E-state index is 0.0932. The normalized spacial score (nSPS) is 10.2. The molecule has 0 atom stereocenters. The summed E-state index contributed by atoms with van der Waals surface area (Å²) in [5.74, 6) is 2.90. The molecule has 1 heterocycles. The third-order valence-corrected chi connectivity index (χ3v) is 2.57. The lowest BCUT2D eigenvalue weighted by Crippen LogP contribution is -2.17. The number of nitrogens with two attached hydrogens (primary N) is 1. The third kappa shape index (κ3) is 2.69. The van der Waals surface area contributed by atoms with E-state index in [2.05, 4.69) is 20.9 Å². The van der Waals surface area contributed by atoms with Gasteiger partial charge in [0.15, 0.2) is 17.3 Å². The number of nitrogen functional groups attached to an aromatic ring is 1. The molecular weight excluding hydrogens is 268 g/mol. The number of hydrogen-bond acceptors (Lipinski definition) is 5. The smallest absolute Gasteiger partial charge is 0.276 e. The van der Waals surface area contributed by atoms with E-state index in [4.69, 9.17) is 5.84 Å². The predicted octanol–water partition coefficient (Wildman–Crippen LogP) is 1.60. The number of hydrogen-bond donors (Lipinski definition) is 3. The van der Waals surface area contributed by atoms with Gasteiger partial charge in [0.25, 0.3) is 5.91 Å². The van der Waals surface area contributed by atoms with Gasteiger partial charge in [-0.25, -0.2) is 14.6 Å². The van der Waals surface area contributed by atoms with Gasteiger partial charge in [-0.2, -0.15) is 0 Å². The summed E-state index contributed by atoms with van der Waals surface area (Å²) in [5, 5.41) is 9.30. The number of aromatic nitrogens is 2. The molecule has 0 aliphatic rings. The first kappa shape index (κ1) is 13.8. The van der Waals surface area contributed by atoms with Crippen LogP contribution in [0.15, 0.2) is 24.3 Å². The Kier molecular flexibility index (Phi) is 3.85. The standard InChI is InChI=1S/C12H11F2N5O/c1-6-2-3-7(13)11(10(6)14)16-12(20)8-4-5-9(17-15)19-18-8/h2-5H,15H2,1H3,(H,16,20)(H,17,19). The van der Waals surface area contributed by atoms with E-state index in [1.54, 1.807) is 0 Å². The van der Waals surface area contributed by atoms with Crippen LogP contribution in [0.2, 0.25) is 0 Å². The zero-order valence-corrected chi connectivity index (χ0v) is 10.4. The summed E-state index contributed by atoms with van der Waals surface area (Å²) in [7, 11) is 0. The summed E-state index contributed by atoms with van der Waals surface area (Å²) in [5.41, 5.74) is 1.85. The number of aryl methyl sites for hydroxylation is 1. The van der Waals surface area contributed by atoms with E-state index in [0.717, 1.165) is 6.07 Å². The summed E-state index contributed by atoms with van der Waals surface area (Å²) in [6, 6.07) is 5.08. The van der Waals surface area contributed by atoms with Crippen LogP contribution in [0.3, 0.4) is 0 Å². The first-order chi connectivity index (χ1) is 9.52. The zero-order valence-electron chi connectivity index (χ0n) is 10.4. The molecule has 4 N–H and O–H groups in total. The third-order valence-electron chi connectivity index (χ3n) is 2.57. The van der Waals surface area contributed by atoms with Crippen molar-refractivity contribution in [1.29, 1.82) is 0 Å². The summed E-state index contributed by atoms with van der Waals surface area (Å²) in [6.45, 7) is 1.46. The van der Waals surface area contributed by atoms with Crippen LogP contribution in [-0.2, 0) is 0 Å². The van der Waals surface area contributed by atoms with Crippen molar-refractivity contribution >= 4 is 17.4 Å². The first-order valence-corrected chi connectivity index (χ1v) is 5.59. The predicted molar refractivity (Wildman–Crippen MR) is 68.9 cm³/mol. The number of carbonyl (C=O) groups excluding carboxylic acids is 1. The summed E-state index contributed by atoms with van der Waals surface area (Å²) in [4.78, 5) is 11.8. The van der Waals surface area contributed by atoms with Crippen LogP contribution in [-0.4, -0.2) is 16.1 Å². The molecule has 0 saturated carbocycles. The van der Waals surface area contributed by atoms with E-state index in [1.807, 2.05) is 0 Å². The van der Waals surface area contributed by atoms with Crippen LogP contribution in [0.25, 0.3) is 0 Å². The van der Waals surface area contributed by atoms with Crippen LogP contribution in [0, 0.1) is 18.6 Å². The van der Waals surface area contributed by atoms with Crippen molar-refractivity contribution in [3.8, 4) is 0 Å². The molecule has 1 aromatic carbocycles. The monoisotopic (exact) mass is 279 g/mol. The van der Waals surface area contributed by atoms with Crippen molar-refractivity contribution in [1.82, 2.24) is 10.2 Å². The number of nitrogens with one attached hydrogen (secondary N) is 2. The molecule has 1 amide bonds. The average molecular weight is 279 g/mol. The maximum atomic E-state index is 13.7. The van der Waals surface area contributed by atoms with E-state index in [-0.39, 0.29) is 17.1 Å². The molecule has 0 unspecified atom stereocenters. The highest BCUT2D eigenvalue weighted by Crippen LogP contribution is 2.22. The second-order valence-electron chi connectivity index (χ2n) is 3.96. The highest BCUT2D eigenvalue weighted by Gasteiger charge is 2.16. The Balaban J connectivity index is 2.25. The van der Waals surface area contributed by atoms with Gasteiger partial charge in [0.2, 0.25) is 0 Å². The van der Waals surface area contributed by atoms with Crippen LogP contribution < -0.4 is 16.6 Å². The molecule has 0 saturated heterocycles. The van der Waals surface area contributed by atoms with Crippen molar-refractivity contribution in [3.05, 3.63) is 47.2 Å². The lowest BCUT2D eigenvalue weighted by Gasteiger charge is -2.08. The quantitative estimate of drug-likeness (QED) is 0.586. The summed E-state index contributed by atoms with van der Waals surface area (Å²) < 4.78 is 27.2. The Hall–Kier alpha value is -2.61. The highest BCUT2D eigenvalue weighted by atomic mass is 19.1. The number of benzene rings is 1. The number of rotatable bonds is 3. The number of nitrogens with zero attached hydrogens (tertiary/aromatic N) is 2. The Morgan fingerprint density at radius 3 is 2.55 bits per heavy atom. The van der Waals surface area contributed by atoms with E-state index in [9.17, 15) is 13.6 Å². The van der Waals surface area contributed by atoms with Gasteiger partial charge in [0.1, 0.15) is 11.5 Å². The molecule has 0 spiro atoms. The highest BCUT2D eigenvalue weighted by molar-refractivity contribution is 6.03. The Bertz CT molecular complexity index is 645. The van der Waals surface area contributed by atoms with Gasteiger partial charge in [0, 0.05) is 0 Å². The van der Waals surface area contributed by atoms with Gasteiger partial charge in [-0.1, -0.05) is 6.07 Å². The molecule has 8 heteroatoms. The molecule has 0 fully saturated rings. The second kappa shape index (κ2) is 5.57. The molecule has 1 aromatic heterocycles. The summed E-state index contributed by atoms with van der Waals surface area (Å²) in [6.07, 6.45) is 0. The molecule has 2 aromatic rings. The van der Waals surface area contributed by atoms with E-state index in [1.165, 1.54) is 25.1 Å². The Morgan fingerprint density at radius 2 is 1.95 bits per heavy atom. The van der Waals surface area contributed by atoms with Gasteiger partial charge in [-0.05, 0) is 30.7 Å². The van der Waals surface area contributed by atoms with Crippen molar-refractivity contribution in [2.75, 3.05) is 10.7 Å². The van der Waals surface area contributed by atoms with Crippen molar-refractivity contribution in [3.63, 3.8) is 0 Å². The molecule has 0 radical (unpaired) electrons. The topological polar surface area (TPSA) is 92.9 Å². The molecule has 6 nitrogen and oxygen atoms in total. The molecule has 104 valence electrons. The fraction of sp³-hybridized carbons (Fsp3) is 0.0833. The molecule has 20 heavy (non-hydrogen) atoms. The zero-order chi connectivity index (χ0) is 14.7. The van der Waals surface area contributed by atoms with Crippen molar-refractivity contribution in [2.45, 2.75) is 6.92 Å². The SMILES string of the molecule is Cc1ccc(F)c(NC(=O)c2ccc(NN)nn2)c1F. The summed E-state index contributed by atoms with van der Waals surface area (Å²) >= 11 is 0. The molecule has 0 bridgehead atoms. The van der Waals surface area contributed by atoms with E-state index < -0.39 is 23.2 Å². The van der Waals surface area contributed by atoms with Gasteiger partial charge >= 0.3 is 0 Å². The van der Waals surface area contributed by atoms with Gasteiger partial charge in [0.05, 0.1) is 0 Å². The molecular formula is C12H11F2N5O. The first-order valence-electron chi connectivity index (χ1n) is 5.59. The average Bonchev–Trinajstić information content (AvgIpc) is 2.47. The lowest BCUT2D eigenvalue weighted by molar-refractivity contribution is 0.102. The maximum Gasteiger partial charge on any atom is 0.276 e. The number of hydrazine groups is 1. The minimum Gasteiger partial charge on any atom is -0.316 e.